The van der Waals surface area contributed by atoms with Gasteiger partial charge in [-0.15, -0.1) is 11.3 Å². The van der Waals surface area contributed by atoms with E-state index in [1.54, 1.807) is 0 Å². The molecule has 0 bridgehead atoms. The summed E-state index contributed by atoms with van der Waals surface area (Å²) in [4.78, 5) is 10.9. The number of guanidine groups is 1. The van der Waals surface area contributed by atoms with Crippen LogP contribution in [0.25, 0.3) is 0 Å². The van der Waals surface area contributed by atoms with Gasteiger partial charge in [0.2, 0.25) is 0 Å². The second-order valence-electron chi connectivity index (χ2n) is 6.87. The number of rotatable bonds is 6. The maximum atomic E-state index is 4.52. The molecular weight excluding hydrogens is 304 g/mol. The van der Waals surface area contributed by atoms with Crippen LogP contribution in [0.2, 0.25) is 0 Å². The van der Waals surface area contributed by atoms with Gasteiger partial charge in [-0.1, -0.05) is 33.8 Å². The predicted molar refractivity (Wildman–Crippen MR) is 102 cm³/mol. The highest BCUT2D eigenvalue weighted by Crippen LogP contribution is 2.26. The van der Waals surface area contributed by atoms with Crippen LogP contribution in [-0.4, -0.2) is 61.6 Å². The molecule has 0 aromatic carbocycles. The standard InChI is InChI=1S/C18H32N4S/c1-6-21(7-2)15-10-11-22(13-15)17(19-5)20-14-18(3,4)16-9-8-12-23-16/h8-9,12,15H,6-7,10-11,13-14H2,1-5H3,(H,19,20). The van der Waals surface area contributed by atoms with Gasteiger partial charge in [0.05, 0.1) is 0 Å². The van der Waals surface area contributed by atoms with Gasteiger partial charge in [-0.25, -0.2) is 0 Å². The Hall–Kier alpha value is -1.07. The molecule has 0 amide bonds. The molecule has 1 aliphatic heterocycles. The molecule has 23 heavy (non-hydrogen) atoms. The second kappa shape index (κ2) is 8.15. The average molecular weight is 337 g/mol. The lowest BCUT2D eigenvalue weighted by molar-refractivity contribution is 0.223. The molecule has 1 unspecified atom stereocenters. The van der Waals surface area contributed by atoms with E-state index in [4.69, 9.17) is 0 Å². The van der Waals surface area contributed by atoms with Crippen molar-refractivity contribution in [2.75, 3.05) is 39.8 Å². The molecule has 1 fully saturated rings. The first kappa shape index (κ1) is 18.3. The SMILES string of the molecule is CCN(CC)C1CCN(C(=NC)NCC(C)(C)c2cccs2)C1. The van der Waals surface area contributed by atoms with Crippen LogP contribution in [0, 0.1) is 0 Å². The molecule has 1 N–H and O–H groups in total. The van der Waals surface area contributed by atoms with Crippen LogP contribution in [0.3, 0.4) is 0 Å². The number of nitrogens with one attached hydrogen (secondary N) is 1. The normalized spacial score (nSPS) is 19.7. The van der Waals surface area contributed by atoms with Crippen LogP contribution in [0.1, 0.15) is 39.0 Å². The van der Waals surface area contributed by atoms with Crippen molar-refractivity contribution in [3.05, 3.63) is 22.4 Å². The second-order valence-corrected chi connectivity index (χ2v) is 7.82. The maximum absolute atomic E-state index is 4.52. The van der Waals surface area contributed by atoms with E-state index in [9.17, 15) is 0 Å². The number of nitrogens with zero attached hydrogens (tertiary/aromatic N) is 3. The Morgan fingerprint density at radius 1 is 1.43 bits per heavy atom. The van der Waals surface area contributed by atoms with Crippen LogP contribution >= 0.6 is 11.3 Å². The van der Waals surface area contributed by atoms with Crippen LogP contribution in [0.15, 0.2) is 22.5 Å². The summed E-state index contributed by atoms with van der Waals surface area (Å²) in [5.74, 6) is 1.05. The lowest BCUT2D eigenvalue weighted by Gasteiger charge is -2.29. The van der Waals surface area contributed by atoms with E-state index < -0.39 is 0 Å². The molecule has 0 spiro atoms. The number of likely N-dealkylation sites (N-methyl/N-ethyl adjacent to an activating group) is 1. The molecular formula is C18H32N4S. The van der Waals surface area contributed by atoms with E-state index in [1.807, 2.05) is 18.4 Å². The van der Waals surface area contributed by atoms with Gasteiger partial charge in [0.1, 0.15) is 0 Å². The van der Waals surface area contributed by atoms with Crippen LogP contribution in [0.5, 0.6) is 0 Å². The van der Waals surface area contributed by atoms with Crippen molar-refractivity contribution in [1.29, 1.82) is 0 Å². The molecule has 0 saturated carbocycles. The van der Waals surface area contributed by atoms with Crippen LogP contribution < -0.4 is 5.32 Å². The first-order chi connectivity index (χ1) is 11.0. The first-order valence-electron chi connectivity index (χ1n) is 8.75. The number of aliphatic imine (C=N–C) groups is 1. The first-order valence-corrected chi connectivity index (χ1v) is 9.63. The third kappa shape index (κ3) is 4.48. The lowest BCUT2D eigenvalue weighted by Crippen LogP contribution is -2.46. The molecule has 1 aromatic rings. The van der Waals surface area contributed by atoms with Crippen molar-refractivity contribution in [3.8, 4) is 0 Å². The molecule has 0 aliphatic carbocycles. The van der Waals surface area contributed by atoms with Gasteiger partial charge in [-0.05, 0) is 31.0 Å². The van der Waals surface area contributed by atoms with Crippen molar-refractivity contribution in [2.45, 2.75) is 45.6 Å². The third-order valence-corrected chi connectivity index (χ3v) is 6.12. The number of hydrogen-bond donors (Lipinski definition) is 1. The molecule has 2 rings (SSSR count). The molecule has 1 atom stereocenters. The van der Waals surface area contributed by atoms with Gasteiger partial charge >= 0.3 is 0 Å². The fraction of sp³-hybridized carbons (Fsp3) is 0.722. The van der Waals surface area contributed by atoms with Gasteiger partial charge in [0, 0.05) is 43.0 Å². The highest BCUT2D eigenvalue weighted by molar-refractivity contribution is 7.10. The molecule has 4 nitrogen and oxygen atoms in total. The Kier molecular flexibility index (Phi) is 6.48. The number of likely N-dealkylation sites (tertiary alicyclic amines) is 1. The molecule has 1 aromatic heterocycles. The van der Waals surface area contributed by atoms with E-state index in [0.29, 0.717) is 6.04 Å². The monoisotopic (exact) mass is 336 g/mol. The van der Waals surface area contributed by atoms with Gasteiger partial charge in [-0.3, -0.25) is 9.89 Å². The van der Waals surface area contributed by atoms with Crippen molar-refractivity contribution in [2.24, 2.45) is 4.99 Å². The Bertz CT molecular complexity index is 491. The summed E-state index contributed by atoms with van der Waals surface area (Å²) in [5, 5.41) is 5.75. The van der Waals surface area contributed by atoms with E-state index >= 15 is 0 Å². The summed E-state index contributed by atoms with van der Waals surface area (Å²) < 4.78 is 0. The average Bonchev–Trinajstić information content (AvgIpc) is 3.21. The van der Waals surface area contributed by atoms with Crippen molar-refractivity contribution < 1.29 is 0 Å². The zero-order chi connectivity index (χ0) is 16.9. The topological polar surface area (TPSA) is 30.9 Å². The van der Waals surface area contributed by atoms with Gasteiger partial charge in [0.15, 0.2) is 5.96 Å². The molecule has 2 heterocycles. The fourth-order valence-corrected chi connectivity index (χ4v) is 4.21. The Labute approximate surface area is 145 Å². The number of thiophene rings is 1. The van der Waals surface area contributed by atoms with Crippen molar-refractivity contribution >= 4 is 17.3 Å². The summed E-state index contributed by atoms with van der Waals surface area (Å²) in [6.45, 7) is 14.4. The summed E-state index contributed by atoms with van der Waals surface area (Å²) >= 11 is 1.83. The zero-order valence-electron chi connectivity index (χ0n) is 15.3. The predicted octanol–water partition coefficient (Wildman–Crippen LogP) is 3.02. The molecule has 0 radical (unpaired) electrons. The maximum Gasteiger partial charge on any atom is 0.193 e. The minimum Gasteiger partial charge on any atom is -0.355 e. The molecule has 130 valence electrons. The third-order valence-electron chi connectivity index (χ3n) is 4.88. The fourth-order valence-electron chi connectivity index (χ4n) is 3.36. The van der Waals surface area contributed by atoms with Gasteiger partial charge in [0.25, 0.3) is 0 Å². The molecule has 1 saturated heterocycles. The molecule has 1 aliphatic rings. The largest absolute Gasteiger partial charge is 0.355 e. The summed E-state index contributed by atoms with van der Waals surface area (Å²) in [6, 6.07) is 5.02. The van der Waals surface area contributed by atoms with E-state index in [-0.39, 0.29) is 5.41 Å². The minimum absolute atomic E-state index is 0.127. The summed E-state index contributed by atoms with van der Waals surface area (Å²) in [6.07, 6.45) is 1.23. The minimum atomic E-state index is 0.127. The quantitative estimate of drug-likeness (QED) is 0.640. The lowest BCUT2D eigenvalue weighted by atomic mass is 9.91. The highest BCUT2D eigenvalue weighted by atomic mass is 32.1. The smallest absolute Gasteiger partial charge is 0.193 e. The summed E-state index contributed by atoms with van der Waals surface area (Å²) in [7, 11) is 1.89. The highest BCUT2D eigenvalue weighted by Gasteiger charge is 2.29. The van der Waals surface area contributed by atoms with Crippen molar-refractivity contribution in [1.82, 2.24) is 15.1 Å². The van der Waals surface area contributed by atoms with Crippen LogP contribution in [0.4, 0.5) is 0 Å². The Morgan fingerprint density at radius 3 is 2.74 bits per heavy atom. The van der Waals surface area contributed by atoms with Gasteiger partial charge in [-0.2, -0.15) is 0 Å². The van der Waals surface area contributed by atoms with Crippen molar-refractivity contribution in [3.63, 3.8) is 0 Å². The summed E-state index contributed by atoms with van der Waals surface area (Å²) in [5.41, 5.74) is 0.127. The Balaban J connectivity index is 1.92. The van der Waals surface area contributed by atoms with Gasteiger partial charge < -0.3 is 10.2 Å². The number of hydrogen-bond acceptors (Lipinski definition) is 3. The molecule has 5 heteroatoms. The zero-order valence-corrected chi connectivity index (χ0v) is 16.1. The van der Waals surface area contributed by atoms with E-state index in [2.05, 4.69) is 65.3 Å². The van der Waals surface area contributed by atoms with Crippen LogP contribution in [-0.2, 0) is 5.41 Å². The Morgan fingerprint density at radius 2 is 2.17 bits per heavy atom. The van der Waals surface area contributed by atoms with E-state index in [0.717, 1.165) is 38.7 Å². The van der Waals surface area contributed by atoms with E-state index in [1.165, 1.54) is 11.3 Å².